The normalized spacial score (nSPS) is 22.4. The molecule has 2 rings (SSSR count). The highest BCUT2D eigenvalue weighted by Gasteiger charge is 2.22. The quantitative estimate of drug-likeness (QED) is 0.729. The van der Waals surface area contributed by atoms with E-state index in [9.17, 15) is 9.90 Å². The van der Waals surface area contributed by atoms with Crippen LogP contribution in [-0.4, -0.2) is 37.3 Å². The number of nitrogens with two attached hydrogens (primary N) is 1. The second-order valence-electron chi connectivity index (χ2n) is 5.65. The number of carbonyl (C=O) groups excluding carboxylic acids is 1. The molecular formula is C15H23N3O2. The Morgan fingerprint density at radius 3 is 2.55 bits per heavy atom. The lowest BCUT2D eigenvalue weighted by molar-refractivity contribution is 0.0868. The van der Waals surface area contributed by atoms with E-state index in [1.54, 1.807) is 12.1 Å². The molecule has 20 heavy (non-hydrogen) atoms. The minimum Gasteiger partial charge on any atom is -0.399 e. The Hall–Kier alpha value is -1.75. The Balaban J connectivity index is 2.10. The summed E-state index contributed by atoms with van der Waals surface area (Å²) in [4.78, 5) is 14.3. The molecule has 0 radical (unpaired) electrons. The topological polar surface area (TPSA) is 78.6 Å². The van der Waals surface area contributed by atoms with Crippen LogP contribution in [0.25, 0.3) is 0 Å². The number of amides is 1. The van der Waals surface area contributed by atoms with Crippen LogP contribution in [0.4, 0.5) is 11.4 Å². The molecule has 0 bridgehead atoms. The molecule has 1 aromatic carbocycles. The number of aliphatic hydroxyl groups excluding tert-OH is 1. The van der Waals surface area contributed by atoms with E-state index in [4.69, 9.17) is 5.73 Å². The summed E-state index contributed by atoms with van der Waals surface area (Å²) in [6.45, 7) is 0. The summed E-state index contributed by atoms with van der Waals surface area (Å²) in [5.41, 5.74) is 7.82. The van der Waals surface area contributed by atoms with Crippen LogP contribution in [0, 0.1) is 0 Å². The number of aliphatic hydroxyl groups is 1. The van der Waals surface area contributed by atoms with E-state index in [0.717, 1.165) is 31.4 Å². The summed E-state index contributed by atoms with van der Waals surface area (Å²) in [7, 11) is 3.80. The molecule has 0 atom stereocenters. The molecule has 1 saturated carbocycles. The van der Waals surface area contributed by atoms with E-state index in [2.05, 4.69) is 5.32 Å². The van der Waals surface area contributed by atoms with Gasteiger partial charge in [-0.3, -0.25) is 4.79 Å². The first-order chi connectivity index (χ1) is 9.47. The molecule has 1 amide bonds. The number of nitrogens with one attached hydrogen (secondary N) is 1. The van der Waals surface area contributed by atoms with Gasteiger partial charge < -0.3 is 21.1 Å². The predicted molar refractivity (Wildman–Crippen MR) is 80.9 cm³/mol. The van der Waals surface area contributed by atoms with E-state index in [1.165, 1.54) is 0 Å². The van der Waals surface area contributed by atoms with Gasteiger partial charge in [0.1, 0.15) is 0 Å². The van der Waals surface area contributed by atoms with Crippen molar-refractivity contribution in [1.82, 2.24) is 5.32 Å². The van der Waals surface area contributed by atoms with Crippen LogP contribution in [0.5, 0.6) is 0 Å². The Morgan fingerprint density at radius 2 is 1.95 bits per heavy atom. The van der Waals surface area contributed by atoms with E-state index < -0.39 is 0 Å². The lowest BCUT2D eigenvalue weighted by Crippen LogP contribution is -2.39. The standard InChI is InChI=1S/C15H23N3O2/c1-18(2)14-8-3-10(16)9-13(14)15(20)17-11-4-6-12(19)7-5-11/h3,8-9,11-12,19H,4-7,16H2,1-2H3,(H,17,20). The second kappa shape index (κ2) is 6.13. The minimum atomic E-state index is -0.215. The third-order valence-corrected chi connectivity index (χ3v) is 3.78. The van der Waals surface area contributed by atoms with Gasteiger partial charge in [-0.25, -0.2) is 0 Å². The molecule has 5 nitrogen and oxygen atoms in total. The molecular weight excluding hydrogens is 254 g/mol. The Morgan fingerprint density at radius 1 is 1.30 bits per heavy atom. The first-order valence-corrected chi connectivity index (χ1v) is 7.03. The fourth-order valence-electron chi connectivity index (χ4n) is 2.61. The van der Waals surface area contributed by atoms with Gasteiger partial charge in [-0.1, -0.05) is 0 Å². The van der Waals surface area contributed by atoms with Crippen LogP contribution in [0.3, 0.4) is 0 Å². The SMILES string of the molecule is CN(C)c1ccc(N)cc1C(=O)NC1CCC(O)CC1. The minimum absolute atomic E-state index is 0.0950. The van der Waals surface area contributed by atoms with Gasteiger partial charge >= 0.3 is 0 Å². The van der Waals surface area contributed by atoms with Crippen LogP contribution in [0.2, 0.25) is 0 Å². The molecule has 0 aromatic heterocycles. The highest BCUT2D eigenvalue weighted by molar-refractivity contribution is 6.00. The van der Waals surface area contributed by atoms with Crippen molar-refractivity contribution >= 4 is 17.3 Å². The molecule has 1 aliphatic rings. The maximum absolute atomic E-state index is 12.4. The molecule has 0 unspecified atom stereocenters. The maximum Gasteiger partial charge on any atom is 0.253 e. The van der Waals surface area contributed by atoms with Gasteiger partial charge in [0.2, 0.25) is 0 Å². The van der Waals surface area contributed by atoms with Crippen molar-refractivity contribution in [3.05, 3.63) is 23.8 Å². The zero-order valence-corrected chi connectivity index (χ0v) is 12.1. The van der Waals surface area contributed by atoms with Gasteiger partial charge in [-0.05, 0) is 43.9 Å². The average molecular weight is 277 g/mol. The first kappa shape index (κ1) is 14.7. The van der Waals surface area contributed by atoms with Crippen molar-refractivity contribution in [2.45, 2.75) is 37.8 Å². The predicted octanol–water partition coefficient (Wildman–Crippen LogP) is 1.37. The molecule has 0 heterocycles. The maximum atomic E-state index is 12.4. The lowest BCUT2D eigenvalue weighted by Gasteiger charge is -2.27. The van der Waals surface area contributed by atoms with Crippen molar-refractivity contribution in [3.63, 3.8) is 0 Å². The zero-order chi connectivity index (χ0) is 14.7. The second-order valence-corrected chi connectivity index (χ2v) is 5.65. The third-order valence-electron chi connectivity index (χ3n) is 3.78. The fourth-order valence-corrected chi connectivity index (χ4v) is 2.61. The summed E-state index contributed by atoms with van der Waals surface area (Å²) in [6, 6.07) is 5.50. The number of hydrogen-bond acceptors (Lipinski definition) is 4. The van der Waals surface area contributed by atoms with Gasteiger partial charge in [0, 0.05) is 31.5 Å². The average Bonchev–Trinajstić information content (AvgIpc) is 2.41. The van der Waals surface area contributed by atoms with Crippen LogP contribution in [0.1, 0.15) is 36.0 Å². The molecule has 1 fully saturated rings. The third kappa shape index (κ3) is 3.42. The lowest BCUT2D eigenvalue weighted by atomic mass is 9.93. The number of hydrogen-bond donors (Lipinski definition) is 3. The van der Waals surface area contributed by atoms with E-state index in [1.807, 2.05) is 25.1 Å². The fraction of sp³-hybridized carbons (Fsp3) is 0.533. The number of benzene rings is 1. The number of nitrogens with zero attached hydrogens (tertiary/aromatic N) is 1. The van der Waals surface area contributed by atoms with Crippen LogP contribution < -0.4 is 16.0 Å². The van der Waals surface area contributed by atoms with Gasteiger partial charge in [0.05, 0.1) is 11.7 Å². The van der Waals surface area contributed by atoms with E-state index in [0.29, 0.717) is 11.3 Å². The van der Waals surface area contributed by atoms with Crippen LogP contribution in [-0.2, 0) is 0 Å². The Bertz CT molecular complexity index is 480. The molecule has 1 aliphatic carbocycles. The molecule has 0 saturated heterocycles. The van der Waals surface area contributed by atoms with Gasteiger partial charge in [0.25, 0.3) is 5.91 Å². The zero-order valence-electron chi connectivity index (χ0n) is 12.1. The summed E-state index contributed by atoms with van der Waals surface area (Å²) in [5, 5.41) is 12.5. The molecule has 5 heteroatoms. The van der Waals surface area contributed by atoms with Crippen LogP contribution in [0.15, 0.2) is 18.2 Å². The van der Waals surface area contributed by atoms with Crippen molar-refractivity contribution < 1.29 is 9.90 Å². The monoisotopic (exact) mass is 277 g/mol. The highest BCUT2D eigenvalue weighted by Crippen LogP contribution is 2.23. The van der Waals surface area contributed by atoms with E-state index >= 15 is 0 Å². The summed E-state index contributed by atoms with van der Waals surface area (Å²) in [5.74, 6) is -0.0950. The smallest absolute Gasteiger partial charge is 0.253 e. The molecule has 4 N–H and O–H groups in total. The van der Waals surface area contributed by atoms with Gasteiger partial charge in [0.15, 0.2) is 0 Å². The summed E-state index contributed by atoms with van der Waals surface area (Å²) < 4.78 is 0. The molecule has 1 aromatic rings. The van der Waals surface area contributed by atoms with Crippen molar-refractivity contribution in [1.29, 1.82) is 0 Å². The summed E-state index contributed by atoms with van der Waals surface area (Å²) in [6.07, 6.45) is 2.94. The number of nitrogen functional groups attached to an aromatic ring is 1. The number of anilines is 2. The first-order valence-electron chi connectivity index (χ1n) is 7.03. The largest absolute Gasteiger partial charge is 0.399 e. The van der Waals surface area contributed by atoms with Crippen LogP contribution >= 0.6 is 0 Å². The van der Waals surface area contributed by atoms with Gasteiger partial charge in [-0.15, -0.1) is 0 Å². The molecule has 0 spiro atoms. The summed E-state index contributed by atoms with van der Waals surface area (Å²) >= 11 is 0. The van der Waals surface area contributed by atoms with Crippen molar-refractivity contribution in [2.24, 2.45) is 0 Å². The highest BCUT2D eigenvalue weighted by atomic mass is 16.3. The number of carbonyl (C=O) groups is 1. The van der Waals surface area contributed by atoms with E-state index in [-0.39, 0.29) is 18.1 Å². The van der Waals surface area contributed by atoms with Crippen molar-refractivity contribution in [3.8, 4) is 0 Å². The van der Waals surface area contributed by atoms with Crippen molar-refractivity contribution in [2.75, 3.05) is 24.7 Å². The Labute approximate surface area is 119 Å². The molecule has 0 aliphatic heterocycles. The molecule has 110 valence electrons. The van der Waals surface area contributed by atoms with Gasteiger partial charge in [-0.2, -0.15) is 0 Å². The Kier molecular flexibility index (Phi) is 4.49. The number of rotatable bonds is 3.